The highest BCUT2D eigenvalue weighted by Gasteiger charge is 2.16. The van der Waals surface area contributed by atoms with Gasteiger partial charge in [0.25, 0.3) is 11.8 Å². The summed E-state index contributed by atoms with van der Waals surface area (Å²) in [4.78, 5) is 39.1. The molecule has 6 nitrogen and oxygen atoms in total. The number of rotatable bonds is 9. The Labute approximate surface area is 236 Å². The quantitative estimate of drug-likeness (QED) is 0.157. The van der Waals surface area contributed by atoms with Crippen LogP contribution in [0.1, 0.15) is 21.5 Å². The number of carbonyl (C=O) groups is 3. The summed E-state index contributed by atoms with van der Waals surface area (Å²) in [5, 5.41) is 8.84. The van der Waals surface area contributed by atoms with Gasteiger partial charge in [0, 0.05) is 26.9 Å². The number of benzene rings is 4. The lowest BCUT2D eigenvalue weighted by molar-refractivity contribution is -0.114. The van der Waals surface area contributed by atoms with Crippen molar-refractivity contribution in [2.24, 2.45) is 0 Å². The van der Waals surface area contributed by atoms with E-state index in [1.54, 1.807) is 60.7 Å². The average Bonchev–Trinajstić information content (AvgIpc) is 2.95. The third kappa shape index (κ3) is 8.33. The zero-order valence-corrected chi connectivity index (χ0v) is 22.7. The molecule has 0 aliphatic rings. The Morgan fingerprint density at radius 1 is 0.769 bits per heavy atom. The minimum absolute atomic E-state index is 0.0446. The van der Waals surface area contributed by atoms with Gasteiger partial charge in [-0.2, -0.15) is 0 Å². The van der Waals surface area contributed by atoms with Crippen LogP contribution in [0.4, 0.5) is 11.4 Å². The fourth-order valence-corrected chi connectivity index (χ4v) is 4.39. The van der Waals surface area contributed by atoms with E-state index in [4.69, 9.17) is 11.6 Å². The highest BCUT2D eigenvalue weighted by Crippen LogP contribution is 2.22. The van der Waals surface area contributed by atoms with Crippen molar-refractivity contribution in [3.63, 3.8) is 0 Å². The summed E-state index contributed by atoms with van der Waals surface area (Å²) in [5.74, 6) is -0.781. The number of halogens is 1. The summed E-state index contributed by atoms with van der Waals surface area (Å²) in [6.45, 7) is 1.99. The van der Waals surface area contributed by atoms with Gasteiger partial charge in [-0.25, -0.2) is 0 Å². The van der Waals surface area contributed by atoms with Crippen LogP contribution >= 0.6 is 23.4 Å². The van der Waals surface area contributed by atoms with Crippen molar-refractivity contribution in [3.05, 3.63) is 131 Å². The Morgan fingerprint density at radius 2 is 1.38 bits per heavy atom. The van der Waals surface area contributed by atoms with Gasteiger partial charge < -0.3 is 16.0 Å². The third-order valence-electron chi connectivity index (χ3n) is 5.55. The highest BCUT2D eigenvalue weighted by molar-refractivity contribution is 8.00. The van der Waals surface area contributed by atoms with E-state index in [9.17, 15) is 14.4 Å². The summed E-state index contributed by atoms with van der Waals surface area (Å²) in [6, 6.07) is 30.4. The van der Waals surface area contributed by atoms with Crippen LogP contribution in [0.25, 0.3) is 6.08 Å². The third-order valence-corrected chi connectivity index (χ3v) is 6.91. The summed E-state index contributed by atoms with van der Waals surface area (Å²) in [6.07, 6.45) is 1.54. The number of carbonyl (C=O) groups excluding carboxylic acids is 3. The van der Waals surface area contributed by atoms with Crippen LogP contribution in [0.15, 0.2) is 114 Å². The summed E-state index contributed by atoms with van der Waals surface area (Å²) in [7, 11) is 0. The van der Waals surface area contributed by atoms with Crippen LogP contribution in [0.5, 0.6) is 0 Å². The molecule has 196 valence electrons. The second kappa shape index (κ2) is 13.5. The van der Waals surface area contributed by atoms with Gasteiger partial charge in [0.05, 0.1) is 5.75 Å². The first kappa shape index (κ1) is 27.7. The predicted octanol–water partition coefficient (Wildman–Crippen LogP) is 6.79. The first-order chi connectivity index (χ1) is 18.9. The van der Waals surface area contributed by atoms with Gasteiger partial charge in [-0.15, -0.1) is 11.8 Å². The molecule has 0 spiro atoms. The molecular formula is C31H26ClN3O3S. The molecule has 0 aliphatic heterocycles. The van der Waals surface area contributed by atoms with Gasteiger partial charge in [-0.1, -0.05) is 65.7 Å². The van der Waals surface area contributed by atoms with Crippen LogP contribution in [-0.4, -0.2) is 23.5 Å². The number of aryl methyl sites for hydroxylation is 1. The van der Waals surface area contributed by atoms with Crippen LogP contribution in [0, 0.1) is 6.92 Å². The Kier molecular flexibility index (Phi) is 9.56. The van der Waals surface area contributed by atoms with Crippen molar-refractivity contribution >= 4 is 58.5 Å². The lowest BCUT2D eigenvalue weighted by Crippen LogP contribution is -2.30. The molecular weight excluding hydrogens is 530 g/mol. The SMILES string of the molecule is Cc1ccc(NC(=O)CSc2ccc(NC(=O)/C(=C/c3ccccc3Cl)NC(=O)c3ccccc3)cc2)cc1. The van der Waals surface area contributed by atoms with Gasteiger partial charge in [-0.05, 0) is 73.2 Å². The fourth-order valence-electron chi connectivity index (χ4n) is 3.51. The molecule has 0 unspecified atom stereocenters. The lowest BCUT2D eigenvalue weighted by atomic mass is 10.1. The van der Waals surface area contributed by atoms with E-state index >= 15 is 0 Å². The Bertz CT molecular complexity index is 1490. The maximum Gasteiger partial charge on any atom is 0.272 e. The molecule has 4 aromatic carbocycles. The van der Waals surface area contributed by atoms with E-state index in [0.29, 0.717) is 21.8 Å². The maximum absolute atomic E-state index is 13.2. The summed E-state index contributed by atoms with van der Waals surface area (Å²) < 4.78 is 0. The van der Waals surface area contributed by atoms with Crippen LogP contribution in [0.2, 0.25) is 5.02 Å². The second-order valence-electron chi connectivity index (χ2n) is 8.58. The number of amides is 3. The summed E-state index contributed by atoms with van der Waals surface area (Å²) in [5.41, 5.74) is 3.47. The van der Waals surface area contributed by atoms with Gasteiger partial charge in [0.15, 0.2) is 0 Å². The molecule has 3 amide bonds. The number of anilines is 2. The van der Waals surface area contributed by atoms with E-state index in [2.05, 4.69) is 16.0 Å². The highest BCUT2D eigenvalue weighted by atomic mass is 35.5. The Morgan fingerprint density at radius 3 is 2.08 bits per heavy atom. The molecule has 0 atom stereocenters. The number of thioether (sulfide) groups is 1. The van der Waals surface area contributed by atoms with Crippen LogP contribution in [-0.2, 0) is 9.59 Å². The van der Waals surface area contributed by atoms with Crippen LogP contribution < -0.4 is 16.0 Å². The normalized spacial score (nSPS) is 11.0. The molecule has 0 saturated heterocycles. The minimum Gasteiger partial charge on any atom is -0.325 e. The van der Waals surface area contributed by atoms with E-state index in [1.807, 2.05) is 49.4 Å². The molecule has 0 fully saturated rings. The zero-order valence-electron chi connectivity index (χ0n) is 21.1. The molecule has 0 saturated carbocycles. The molecule has 8 heteroatoms. The monoisotopic (exact) mass is 555 g/mol. The van der Waals surface area contributed by atoms with Gasteiger partial charge in [-0.3, -0.25) is 14.4 Å². The van der Waals surface area contributed by atoms with Gasteiger partial charge in [0.2, 0.25) is 5.91 Å². The van der Waals surface area contributed by atoms with Crippen molar-refractivity contribution < 1.29 is 14.4 Å². The first-order valence-electron chi connectivity index (χ1n) is 12.1. The molecule has 0 aliphatic carbocycles. The number of nitrogens with one attached hydrogen (secondary N) is 3. The molecule has 0 aromatic heterocycles. The maximum atomic E-state index is 13.2. The van der Waals surface area contributed by atoms with Crippen LogP contribution in [0.3, 0.4) is 0 Å². The number of hydrogen-bond donors (Lipinski definition) is 3. The fraction of sp³-hybridized carbons (Fsp3) is 0.0645. The second-order valence-corrected chi connectivity index (χ2v) is 10.0. The van der Waals surface area contributed by atoms with Crippen molar-refractivity contribution in [1.29, 1.82) is 0 Å². The van der Waals surface area contributed by atoms with Crippen molar-refractivity contribution in [2.45, 2.75) is 11.8 Å². The predicted molar refractivity (Wildman–Crippen MR) is 159 cm³/mol. The Hall–Kier alpha value is -4.33. The molecule has 0 radical (unpaired) electrons. The van der Waals surface area contributed by atoms with Gasteiger partial charge in [0.1, 0.15) is 5.70 Å². The van der Waals surface area contributed by atoms with Crippen molar-refractivity contribution in [3.8, 4) is 0 Å². The van der Waals surface area contributed by atoms with E-state index < -0.39 is 11.8 Å². The van der Waals surface area contributed by atoms with Crippen molar-refractivity contribution in [2.75, 3.05) is 16.4 Å². The molecule has 4 aromatic rings. The van der Waals surface area contributed by atoms with E-state index in [0.717, 1.165) is 16.1 Å². The minimum atomic E-state index is -0.503. The van der Waals surface area contributed by atoms with E-state index in [1.165, 1.54) is 17.8 Å². The lowest BCUT2D eigenvalue weighted by Gasteiger charge is -2.12. The molecule has 0 bridgehead atoms. The zero-order chi connectivity index (χ0) is 27.6. The molecule has 0 heterocycles. The van der Waals surface area contributed by atoms with E-state index in [-0.39, 0.29) is 17.4 Å². The van der Waals surface area contributed by atoms with Gasteiger partial charge >= 0.3 is 0 Å². The standard InChI is InChI=1S/C31H26ClN3O3S/c1-21-11-13-24(14-12-21)33-29(36)20-39-26-17-15-25(16-18-26)34-31(38)28(19-23-9-5-6-10-27(23)32)35-30(37)22-7-3-2-4-8-22/h2-19H,20H2,1H3,(H,33,36)(H,34,38)(H,35,37)/b28-19-. The Balaban J connectivity index is 1.40. The molecule has 39 heavy (non-hydrogen) atoms. The summed E-state index contributed by atoms with van der Waals surface area (Å²) >= 11 is 7.67. The first-order valence-corrected chi connectivity index (χ1v) is 13.5. The smallest absolute Gasteiger partial charge is 0.272 e. The average molecular weight is 556 g/mol. The largest absolute Gasteiger partial charge is 0.325 e. The van der Waals surface area contributed by atoms with Crippen molar-refractivity contribution in [1.82, 2.24) is 5.32 Å². The molecule has 3 N–H and O–H groups in total. The molecule has 4 rings (SSSR count). The topological polar surface area (TPSA) is 87.3 Å². The number of hydrogen-bond acceptors (Lipinski definition) is 4.